The molecule has 8 heteroatoms. The third-order valence-electron chi connectivity index (χ3n) is 1.83. The molecule has 0 aromatic carbocycles. The van der Waals surface area contributed by atoms with Gasteiger partial charge in [-0.2, -0.15) is 5.26 Å². The van der Waals surface area contributed by atoms with Gasteiger partial charge in [-0.1, -0.05) is 0 Å². The number of ether oxygens (including phenoxy) is 1. The number of halogens is 4. The molecule has 1 heterocycles. The number of pyridine rings is 1. The van der Waals surface area contributed by atoms with Gasteiger partial charge < -0.3 is 10.5 Å². The van der Waals surface area contributed by atoms with Crippen LogP contribution in [0.1, 0.15) is 11.1 Å². The van der Waals surface area contributed by atoms with Gasteiger partial charge in [0.15, 0.2) is 0 Å². The second-order valence-corrected chi connectivity index (χ2v) is 4.05. The maximum Gasteiger partial charge on any atom is 0.574 e. The summed E-state index contributed by atoms with van der Waals surface area (Å²) < 4.78 is 40.5. The summed E-state index contributed by atoms with van der Waals surface area (Å²) in [6.45, 7) is -0.143. The molecule has 4 nitrogen and oxygen atoms in total. The summed E-state index contributed by atoms with van der Waals surface area (Å²) in [6.07, 6.45) is -3.56. The molecule has 17 heavy (non-hydrogen) atoms. The van der Waals surface area contributed by atoms with Crippen molar-refractivity contribution < 1.29 is 17.9 Å². The molecule has 0 aliphatic heterocycles. The van der Waals surface area contributed by atoms with Crippen LogP contribution < -0.4 is 10.5 Å². The van der Waals surface area contributed by atoms with E-state index in [-0.39, 0.29) is 18.5 Å². The van der Waals surface area contributed by atoms with E-state index in [1.807, 2.05) is 28.7 Å². The molecule has 0 radical (unpaired) electrons. The van der Waals surface area contributed by atoms with Crippen molar-refractivity contribution in [2.24, 2.45) is 5.73 Å². The van der Waals surface area contributed by atoms with Crippen LogP contribution in [0.25, 0.3) is 0 Å². The van der Waals surface area contributed by atoms with Gasteiger partial charge >= 0.3 is 6.36 Å². The average molecular weight is 357 g/mol. The lowest BCUT2D eigenvalue weighted by atomic mass is 10.1. The Hall–Kier alpha value is -1.08. The van der Waals surface area contributed by atoms with Crippen LogP contribution in [0.4, 0.5) is 13.2 Å². The number of rotatable bonds is 3. The summed E-state index contributed by atoms with van der Waals surface area (Å²) in [5.41, 5.74) is 6.04. The Morgan fingerprint density at radius 1 is 1.53 bits per heavy atom. The van der Waals surface area contributed by atoms with Crippen LogP contribution in [0.15, 0.2) is 6.20 Å². The lowest BCUT2D eigenvalue weighted by molar-refractivity contribution is -0.276. The molecular weight excluding hydrogens is 350 g/mol. The predicted octanol–water partition coefficient (Wildman–Crippen LogP) is 2.11. The normalized spacial score (nSPS) is 11.1. The Kier molecular flexibility index (Phi) is 4.53. The fourth-order valence-corrected chi connectivity index (χ4v) is 1.92. The number of aromatic nitrogens is 1. The monoisotopic (exact) mass is 357 g/mol. The number of hydrogen-bond acceptors (Lipinski definition) is 4. The molecule has 0 saturated carbocycles. The minimum atomic E-state index is -4.81. The van der Waals surface area contributed by atoms with Crippen molar-refractivity contribution >= 4 is 22.6 Å². The molecular formula is C9H7F3IN3O. The fourth-order valence-electron chi connectivity index (χ4n) is 1.14. The summed E-state index contributed by atoms with van der Waals surface area (Å²) in [7, 11) is 0. The largest absolute Gasteiger partial charge is 0.574 e. The molecule has 0 amide bonds. The maximum absolute atomic E-state index is 12.1. The number of alkyl halides is 3. The number of nitrogens with two attached hydrogens (primary N) is 1. The van der Waals surface area contributed by atoms with Gasteiger partial charge in [0.1, 0.15) is 0 Å². The van der Waals surface area contributed by atoms with Crippen LogP contribution in [0.3, 0.4) is 0 Å². The van der Waals surface area contributed by atoms with Crippen molar-refractivity contribution in [1.29, 1.82) is 5.26 Å². The van der Waals surface area contributed by atoms with E-state index in [2.05, 4.69) is 9.72 Å². The van der Waals surface area contributed by atoms with E-state index in [4.69, 9.17) is 11.0 Å². The third kappa shape index (κ3) is 3.71. The standard InChI is InChI=1S/C9H7F3IN3O/c10-9(11,12)17-8-6(3-15)7(13)5(1-2-14)4-16-8/h4H,1,3,15H2. The number of nitrogens with zero attached hydrogens (tertiary/aromatic N) is 2. The van der Waals surface area contributed by atoms with Gasteiger partial charge in [-0.3, -0.25) is 0 Å². The first-order valence-electron chi connectivity index (χ1n) is 4.38. The molecule has 0 aliphatic carbocycles. The molecule has 0 atom stereocenters. The quantitative estimate of drug-likeness (QED) is 0.842. The Labute approximate surface area is 109 Å². The molecule has 0 fully saturated rings. The topological polar surface area (TPSA) is 71.9 Å². The molecule has 1 aromatic rings. The van der Waals surface area contributed by atoms with E-state index in [9.17, 15) is 13.2 Å². The molecule has 1 rings (SSSR count). The van der Waals surface area contributed by atoms with Crippen LogP contribution in [0, 0.1) is 14.9 Å². The minimum Gasteiger partial charge on any atom is -0.387 e. The van der Waals surface area contributed by atoms with Crippen LogP contribution in [0.2, 0.25) is 0 Å². The predicted molar refractivity (Wildman–Crippen MR) is 60.8 cm³/mol. The fraction of sp³-hybridized carbons (Fsp3) is 0.333. The zero-order valence-electron chi connectivity index (χ0n) is 8.38. The summed E-state index contributed by atoms with van der Waals surface area (Å²) in [5, 5.41) is 8.54. The third-order valence-corrected chi connectivity index (χ3v) is 3.17. The van der Waals surface area contributed by atoms with Crippen molar-refractivity contribution in [3.05, 3.63) is 20.9 Å². The Bertz CT molecular complexity index is 456. The van der Waals surface area contributed by atoms with Gasteiger partial charge in [0.05, 0.1) is 12.5 Å². The minimum absolute atomic E-state index is 0.0601. The van der Waals surface area contributed by atoms with E-state index in [1.54, 1.807) is 0 Å². The molecule has 0 bridgehead atoms. The molecule has 0 saturated heterocycles. The first kappa shape index (κ1) is 14.0. The van der Waals surface area contributed by atoms with Gasteiger partial charge in [0.25, 0.3) is 0 Å². The van der Waals surface area contributed by atoms with Crippen molar-refractivity contribution in [3.8, 4) is 11.9 Å². The SMILES string of the molecule is N#CCc1cnc(OC(F)(F)F)c(CN)c1I. The van der Waals surface area contributed by atoms with Crippen LogP contribution in [-0.4, -0.2) is 11.3 Å². The van der Waals surface area contributed by atoms with Gasteiger partial charge in [-0.05, 0) is 28.2 Å². The highest BCUT2D eigenvalue weighted by atomic mass is 127. The van der Waals surface area contributed by atoms with E-state index >= 15 is 0 Å². The van der Waals surface area contributed by atoms with Gasteiger partial charge in [0, 0.05) is 21.9 Å². The summed E-state index contributed by atoms with van der Waals surface area (Å²) >= 11 is 1.82. The van der Waals surface area contributed by atoms with Crippen LogP contribution in [0.5, 0.6) is 5.88 Å². The van der Waals surface area contributed by atoms with E-state index in [0.29, 0.717) is 9.13 Å². The first-order valence-corrected chi connectivity index (χ1v) is 5.46. The number of hydrogen-bond donors (Lipinski definition) is 1. The van der Waals surface area contributed by atoms with Gasteiger partial charge in [-0.15, -0.1) is 13.2 Å². The zero-order valence-corrected chi connectivity index (χ0v) is 10.5. The Morgan fingerprint density at radius 3 is 2.65 bits per heavy atom. The second-order valence-electron chi connectivity index (χ2n) is 2.97. The van der Waals surface area contributed by atoms with E-state index < -0.39 is 12.2 Å². The molecule has 1 aromatic heterocycles. The van der Waals surface area contributed by atoms with E-state index in [1.165, 1.54) is 6.20 Å². The Morgan fingerprint density at radius 2 is 2.18 bits per heavy atom. The second kappa shape index (κ2) is 5.50. The number of nitriles is 1. The van der Waals surface area contributed by atoms with Crippen molar-refractivity contribution in [1.82, 2.24) is 4.98 Å². The van der Waals surface area contributed by atoms with Gasteiger partial charge in [-0.25, -0.2) is 4.98 Å². The summed E-state index contributed by atoms with van der Waals surface area (Å²) in [6, 6.07) is 1.90. The van der Waals surface area contributed by atoms with Gasteiger partial charge in [0.2, 0.25) is 5.88 Å². The lowest BCUT2D eigenvalue weighted by Gasteiger charge is -2.13. The van der Waals surface area contributed by atoms with E-state index in [0.717, 1.165) is 0 Å². The highest BCUT2D eigenvalue weighted by Gasteiger charge is 2.33. The molecule has 0 aliphatic rings. The van der Waals surface area contributed by atoms with Crippen molar-refractivity contribution in [2.75, 3.05) is 0 Å². The van der Waals surface area contributed by atoms with Crippen LogP contribution >= 0.6 is 22.6 Å². The Balaban J connectivity index is 3.17. The molecule has 2 N–H and O–H groups in total. The highest BCUT2D eigenvalue weighted by Crippen LogP contribution is 2.29. The van der Waals surface area contributed by atoms with Crippen LogP contribution in [-0.2, 0) is 13.0 Å². The molecule has 0 unspecified atom stereocenters. The highest BCUT2D eigenvalue weighted by molar-refractivity contribution is 14.1. The maximum atomic E-state index is 12.1. The lowest BCUT2D eigenvalue weighted by Crippen LogP contribution is -2.20. The van der Waals surface area contributed by atoms with Crippen molar-refractivity contribution in [3.63, 3.8) is 0 Å². The smallest absolute Gasteiger partial charge is 0.387 e. The summed E-state index contributed by atoms with van der Waals surface area (Å²) in [5.74, 6) is -0.564. The zero-order chi connectivity index (χ0) is 13.1. The van der Waals surface area contributed by atoms with Crippen molar-refractivity contribution in [2.45, 2.75) is 19.3 Å². The average Bonchev–Trinajstić information content (AvgIpc) is 2.21. The molecule has 92 valence electrons. The summed E-state index contributed by atoms with van der Waals surface area (Å²) in [4.78, 5) is 3.54. The molecule has 0 spiro atoms. The first-order chi connectivity index (χ1) is 7.89.